The van der Waals surface area contributed by atoms with Crippen molar-refractivity contribution in [2.75, 3.05) is 0 Å². The number of allylic oxidation sites excluding steroid dienone is 4. The predicted octanol–water partition coefficient (Wildman–Crippen LogP) is -5.80. The zero-order valence-corrected chi connectivity index (χ0v) is 10.7. The fraction of sp³-hybridized carbons (Fsp3) is 0.600. The number of rotatable bonds is 0. The topological polar surface area (TPSA) is 0 Å². The summed E-state index contributed by atoms with van der Waals surface area (Å²) in [4.78, 5) is 0. The van der Waals surface area contributed by atoms with Crippen LogP contribution in [-0.4, -0.2) is 0 Å². The van der Waals surface area contributed by atoms with E-state index < -0.39 is 0 Å². The monoisotopic (exact) mass is 240 g/mol. The Bertz CT molecular complexity index is 239. The maximum Gasteiger partial charge on any atom is -1.00 e. The van der Waals surface area contributed by atoms with Crippen LogP contribution in [-0.2, 0) is 20.4 Å². The van der Waals surface area contributed by atoms with E-state index in [4.69, 9.17) is 0 Å². The van der Waals surface area contributed by atoms with Crippen LogP contribution in [0.3, 0.4) is 0 Å². The Morgan fingerprint density at radius 2 is 1.21 bits per heavy atom. The molecular weight excluding hydrogens is 225 g/mol. The SMILES string of the molecule is CC1=C(C)C(C)(C)[C]([Ti+3])=C1C.[F-].[F-].[F-]. The first-order valence-electron chi connectivity index (χ1n) is 4.00. The van der Waals surface area contributed by atoms with E-state index in [0.29, 0.717) is 5.41 Å². The minimum absolute atomic E-state index is 0. The minimum Gasteiger partial charge on any atom is -1.00 e. The summed E-state index contributed by atoms with van der Waals surface area (Å²) < 4.78 is 1.53. The van der Waals surface area contributed by atoms with Crippen molar-refractivity contribution < 1.29 is 34.5 Å². The normalized spacial score (nSPS) is 18.5. The molecule has 0 aromatic heterocycles. The third-order valence-electron chi connectivity index (χ3n) is 3.06. The van der Waals surface area contributed by atoms with Crippen molar-refractivity contribution in [1.82, 2.24) is 0 Å². The zero-order valence-electron chi connectivity index (χ0n) is 9.13. The van der Waals surface area contributed by atoms with Crippen molar-refractivity contribution in [3.05, 3.63) is 20.6 Å². The molecule has 0 amide bonds. The van der Waals surface area contributed by atoms with E-state index in [1.165, 1.54) is 20.6 Å². The molecule has 0 atom stereocenters. The van der Waals surface area contributed by atoms with E-state index in [1.807, 2.05) is 0 Å². The molecule has 0 saturated carbocycles. The molecule has 1 rings (SSSR count). The van der Waals surface area contributed by atoms with Gasteiger partial charge in [-0.3, -0.25) is 0 Å². The first-order valence-corrected chi connectivity index (χ1v) is 4.78. The zero-order chi connectivity index (χ0) is 8.81. The van der Waals surface area contributed by atoms with Gasteiger partial charge in [0.15, 0.2) is 0 Å². The molecule has 0 fully saturated rings. The second-order valence-corrected chi connectivity index (χ2v) is 4.66. The molecule has 0 aliphatic heterocycles. The Morgan fingerprint density at radius 3 is 1.29 bits per heavy atom. The smallest absolute Gasteiger partial charge is 1.00 e. The molecule has 1 aliphatic carbocycles. The van der Waals surface area contributed by atoms with Crippen molar-refractivity contribution in [3.63, 3.8) is 0 Å². The van der Waals surface area contributed by atoms with Crippen molar-refractivity contribution in [2.24, 2.45) is 5.41 Å². The summed E-state index contributed by atoms with van der Waals surface area (Å²) >= 11 is 2.25. The van der Waals surface area contributed by atoms with Crippen LogP contribution >= 0.6 is 0 Å². The first-order chi connectivity index (χ1) is 4.89. The quantitative estimate of drug-likeness (QED) is 0.370. The molecule has 4 heteroatoms. The van der Waals surface area contributed by atoms with Crippen molar-refractivity contribution in [2.45, 2.75) is 34.6 Å². The molecule has 80 valence electrons. The van der Waals surface area contributed by atoms with Crippen LogP contribution in [0.15, 0.2) is 20.6 Å². The van der Waals surface area contributed by atoms with Gasteiger partial charge in [0.1, 0.15) is 0 Å². The molecule has 0 saturated heterocycles. The second kappa shape index (κ2) is 5.77. The molecule has 0 radical (unpaired) electrons. The molecule has 0 nitrogen and oxygen atoms in total. The number of halogens is 3. The molecule has 14 heavy (non-hydrogen) atoms. The van der Waals surface area contributed by atoms with Crippen LogP contribution in [0.2, 0.25) is 0 Å². The summed E-state index contributed by atoms with van der Waals surface area (Å²) in [6.45, 7) is 11.3. The van der Waals surface area contributed by atoms with Gasteiger partial charge in [-0.1, -0.05) is 0 Å². The third kappa shape index (κ3) is 2.51. The Hall–Kier alpha value is -0.0157. The standard InChI is InChI=1S/C10H15.3FH.Ti/c1-7-6-10(4,5)9(3)8(7)2;;;;/h1-5H3;3*1H;/q;;;;+3/p-3. The summed E-state index contributed by atoms with van der Waals surface area (Å²) in [6.07, 6.45) is 0. The van der Waals surface area contributed by atoms with E-state index in [2.05, 4.69) is 55.1 Å². The van der Waals surface area contributed by atoms with Gasteiger partial charge in [-0.15, -0.1) is 0 Å². The molecule has 0 aromatic carbocycles. The average Bonchev–Trinajstić information content (AvgIpc) is 2.06. The van der Waals surface area contributed by atoms with E-state index >= 15 is 0 Å². The summed E-state index contributed by atoms with van der Waals surface area (Å²) in [6, 6.07) is 0. The van der Waals surface area contributed by atoms with Gasteiger partial charge >= 0.3 is 81.1 Å². The number of hydrogen-bond acceptors (Lipinski definition) is 0. The third-order valence-corrected chi connectivity index (χ3v) is 4.62. The van der Waals surface area contributed by atoms with Gasteiger partial charge in [-0.05, 0) is 0 Å². The van der Waals surface area contributed by atoms with Gasteiger partial charge in [0.2, 0.25) is 0 Å². The van der Waals surface area contributed by atoms with E-state index in [1.54, 1.807) is 0 Å². The van der Waals surface area contributed by atoms with Crippen LogP contribution in [0.4, 0.5) is 0 Å². The van der Waals surface area contributed by atoms with Gasteiger partial charge < -0.3 is 14.1 Å². The van der Waals surface area contributed by atoms with Gasteiger partial charge in [-0.25, -0.2) is 0 Å². The maximum atomic E-state index is 2.30. The van der Waals surface area contributed by atoms with Crippen LogP contribution < -0.4 is 14.1 Å². The molecule has 0 heterocycles. The van der Waals surface area contributed by atoms with Gasteiger partial charge in [0.05, 0.1) is 0 Å². The molecular formula is C10H15F3Ti. The Morgan fingerprint density at radius 1 is 0.857 bits per heavy atom. The maximum absolute atomic E-state index is 2.30. The average molecular weight is 240 g/mol. The van der Waals surface area contributed by atoms with Crippen LogP contribution in [0.1, 0.15) is 34.6 Å². The number of hydrogen-bond donors (Lipinski definition) is 0. The van der Waals surface area contributed by atoms with Crippen molar-refractivity contribution in [3.8, 4) is 0 Å². The van der Waals surface area contributed by atoms with Crippen molar-refractivity contribution in [1.29, 1.82) is 0 Å². The van der Waals surface area contributed by atoms with Crippen LogP contribution in [0.25, 0.3) is 0 Å². The van der Waals surface area contributed by atoms with Crippen molar-refractivity contribution >= 4 is 0 Å². The molecule has 0 bridgehead atoms. The molecule has 0 N–H and O–H groups in total. The largest absolute Gasteiger partial charge is 1.00 e. The van der Waals surface area contributed by atoms with E-state index in [9.17, 15) is 0 Å². The van der Waals surface area contributed by atoms with Crippen LogP contribution in [0, 0.1) is 5.41 Å². The van der Waals surface area contributed by atoms with Gasteiger partial charge in [0, 0.05) is 0 Å². The second-order valence-electron chi connectivity index (χ2n) is 3.88. The van der Waals surface area contributed by atoms with Crippen LogP contribution in [0.5, 0.6) is 0 Å². The Balaban J connectivity index is -0.000000403. The summed E-state index contributed by atoms with van der Waals surface area (Å²) in [5.74, 6) is 0. The summed E-state index contributed by atoms with van der Waals surface area (Å²) in [5.41, 5.74) is 4.83. The molecule has 1 aliphatic rings. The molecule has 0 spiro atoms. The minimum atomic E-state index is 0. The summed E-state index contributed by atoms with van der Waals surface area (Å²) in [5, 5.41) is 0. The summed E-state index contributed by atoms with van der Waals surface area (Å²) in [7, 11) is 0. The molecule has 0 unspecified atom stereocenters. The predicted molar refractivity (Wildman–Crippen MR) is 44.9 cm³/mol. The fourth-order valence-electron chi connectivity index (χ4n) is 1.59. The Kier molecular flexibility index (Phi) is 8.05. The van der Waals surface area contributed by atoms with E-state index in [0.717, 1.165) is 0 Å². The Labute approximate surface area is 95.4 Å². The van der Waals surface area contributed by atoms with E-state index in [-0.39, 0.29) is 14.1 Å². The van der Waals surface area contributed by atoms with Gasteiger partial charge in [0.25, 0.3) is 0 Å². The molecule has 0 aromatic rings. The first kappa shape index (κ1) is 19.5. The fourth-order valence-corrected chi connectivity index (χ4v) is 2.18. The van der Waals surface area contributed by atoms with Gasteiger partial charge in [-0.2, -0.15) is 0 Å².